The number of thiazole rings is 1. The molecule has 1 saturated carbocycles. The van der Waals surface area contributed by atoms with E-state index in [1.54, 1.807) is 11.3 Å². The number of aryl methyl sites for hydroxylation is 1. The van der Waals surface area contributed by atoms with Gasteiger partial charge in [-0.1, -0.05) is 12.8 Å². The molecule has 2 heterocycles. The zero-order chi connectivity index (χ0) is 13.2. The molecule has 6 heteroatoms. The molecule has 0 unspecified atom stereocenters. The molecule has 0 saturated heterocycles. The van der Waals surface area contributed by atoms with Crippen molar-refractivity contribution < 1.29 is 0 Å². The van der Waals surface area contributed by atoms with Crippen molar-refractivity contribution >= 4 is 17.3 Å². The van der Waals surface area contributed by atoms with Gasteiger partial charge < -0.3 is 5.73 Å². The first-order valence-electron chi connectivity index (χ1n) is 6.62. The summed E-state index contributed by atoms with van der Waals surface area (Å²) in [6.07, 6.45) is 5.50. The van der Waals surface area contributed by atoms with Gasteiger partial charge in [0, 0.05) is 17.0 Å². The van der Waals surface area contributed by atoms with E-state index in [1.165, 1.54) is 25.7 Å². The zero-order valence-corrected chi connectivity index (χ0v) is 11.8. The van der Waals surface area contributed by atoms with Crippen LogP contribution in [0.3, 0.4) is 0 Å². The maximum absolute atomic E-state index is 5.81. The van der Waals surface area contributed by atoms with Crippen LogP contribution in [0.5, 0.6) is 0 Å². The SMILES string of the molecule is Cc1csc(Cc2nc(N)nc(C3CCCC3)n2)n1. The quantitative estimate of drug-likeness (QED) is 0.931. The molecule has 0 radical (unpaired) electrons. The molecule has 0 atom stereocenters. The molecule has 0 amide bonds. The Kier molecular flexibility index (Phi) is 3.42. The van der Waals surface area contributed by atoms with Crippen LogP contribution >= 0.6 is 11.3 Å². The zero-order valence-electron chi connectivity index (χ0n) is 11.0. The minimum absolute atomic E-state index is 0.333. The van der Waals surface area contributed by atoms with E-state index in [4.69, 9.17) is 5.73 Å². The number of hydrogen-bond acceptors (Lipinski definition) is 6. The smallest absolute Gasteiger partial charge is 0.223 e. The number of hydrogen-bond donors (Lipinski definition) is 1. The molecule has 0 aromatic carbocycles. The normalized spacial score (nSPS) is 16.1. The van der Waals surface area contributed by atoms with Crippen LogP contribution in [0.25, 0.3) is 0 Å². The molecule has 2 aromatic heterocycles. The number of rotatable bonds is 3. The van der Waals surface area contributed by atoms with Crippen molar-refractivity contribution in [3.63, 3.8) is 0 Å². The Morgan fingerprint density at radius 3 is 2.68 bits per heavy atom. The minimum Gasteiger partial charge on any atom is -0.368 e. The molecule has 2 N–H and O–H groups in total. The second kappa shape index (κ2) is 5.21. The first-order chi connectivity index (χ1) is 9.20. The maximum Gasteiger partial charge on any atom is 0.223 e. The van der Waals surface area contributed by atoms with Crippen LogP contribution in [0.15, 0.2) is 5.38 Å². The van der Waals surface area contributed by atoms with Gasteiger partial charge in [0.1, 0.15) is 16.7 Å². The van der Waals surface area contributed by atoms with E-state index >= 15 is 0 Å². The summed E-state index contributed by atoms with van der Waals surface area (Å²) >= 11 is 1.64. The molecule has 0 aliphatic heterocycles. The third kappa shape index (κ3) is 2.89. The number of anilines is 1. The van der Waals surface area contributed by atoms with Crippen LogP contribution in [0.2, 0.25) is 0 Å². The standard InChI is InChI=1S/C13H17N5S/c1-8-7-19-11(15-8)6-10-16-12(18-13(14)17-10)9-4-2-3-5-9/h7,9H,2-6H2,1H3,(H2,14,16,17,18). The van der Waals surface area contributed by atoms with Crippen LogP contribution in [-0.2, 0) is 6.42 Å². The van der Waals surface area contributed by atoms with Crippen LogP contribution in [0, 0.1) is 6.92 Å². The average Bonchev–Trinajstić information content (AvgIpc) is 3.00. The largest absolute Gasteiger partial charge is 0.368 e. The number of nitrogen functional groups attached to an aromatic ring is 1. The molecular weight excluding hydrogens is 258 g/mol. The predicted octanol–water partition coefficient (Wildman–Crippen LogP) is 2.47. The maximum atomic E-state index is 5.81. The average molecular weight is 275 g/mol. The van der Waals surface area contributed by atoms with Crippen LogP contribution < -0.4 is 5.73 Å². The minimum atomic E-state index is 0.333. The van der Waals surface area contributed by atoms with Crippen molar-refractivity contribution in [3.8, 4) is 0 Å². The fourth-order valence-electron chi connectivity index (χ4n) is 2.52. The molecule has 19 heavy (non-hydrogen) atoms. The highest BCUT2D eigenvalue weighted by molar-refractivity contribution is 7.09. The highest BCUT2D eigenvalue weighted by atomic mass is 32.1. The Morgan fingerprint density at radius 1 is 1.21 bits per heavy atom. The Labute approximate surface area is 116 Å². The van der Waals surface area contributed by atoms with Crippen molar-refractivity contribution in [1.82, 2.24) is 19.9 Å². The van der Waals surface area contributed by atoms with E-state index in [0.717, 1.165) is 22.4 Å². The fourth-order valence-corrected chi connectivity index (χ4v) is 3.29. The van der Waals surface area contributed by atoms with Gasteiger partial charge in [-0.2, -0.15) is 9.97 Å². The molecule has 1 aliphatic rings. The Balaban J connectivity index is 1.84. The lowest BCUT2D eigenvalue weighted by atomic mass is 10.1. The fraction of sp³-hybridized carbons (Fsp3) is 0.538. The lowest BCUT2D eigenvalue weighted by Gasteiger charge is -2.09. The van der Waals surface area contributed by atoms with Crippen LogP contribution in [0.4, 0.5) is 5.95 Å². The summed E-state index contributed by atoms with van der Waals surface area (Å²) in [5, 5.41) is 3.07. The molecule has 100 valence electrons. The Bertz CT molecular complexity index is 574. The van der Waals surface area contributed by atoms with Crippen LogP contribution in [-0.4, -0.2) is 19.9 Å². The second-order valence-electron chi connectivity index (χ2n) is 5.01. The van der Waals surface area contributed by atoms with Crippen molar-refractivity contribution in [1.29, 1.82) is 0 Å². The van der Waals surface area contributed by atoms with Gasteiger partial charge in [-0.15, -0.1) is 11.3 Å². The molecule has 2 aromatic rings. The van der Waals surface area contributed by atoms with Gasteiger partial charge in [-0.05, 0) is 19.8 Å². The third-order valence-electron chi connectivity index (χ3n) is 3.41. The van der Waals surface area contributed by atoms with Gasteiger partial charge >= 0.3 is 0 Å². The second-order valence-corrected chi connectivity index (χ2v) is 5.95. The number of aromatic nitrogens is 4. The van der Waals surface area contributed by atoms with Gasteiger partial charge in [0.05, 0.1) is 6.42 Å². The van der Waals surface area contributed by atoms with E-state index in [2.05, 4.69) is 19.9 Å². The monoisotopic (exact) mass is 275 g/mol. The summed E-state index contributed by atoms with van der Waals surface area (Å²) in [4.78, 5) is 17.6. The highest BCUT2D eigenvalue weighted by Gasteiger charge is 2.21. The summed E-state index contributed by atoms with van der Waals surface area (Å²) in [5.74, 6) is 2.40. The summed E-state index contributed by atoms with van der Waals surface area (Å²) in [5.41, 5.74) is 6.85. The van der Waals surface area contributed by atoms with Gasteiger partial charge in [-0.3, -0.25) is 0 Å². The molecule has 3 rings (SSSR count). The first-order valence-corrected chi connectivity index (χ1v) is 7.50. The molecule has 1 fully saturated rings. The number of nitrogens with two attached hydrogens (primary N) is 1. The van der Waals surface area contributed by atoms with Gasteiger partial charge in [0.25, 0.3) is 0 Å². The van der Waals surface area contributed by atoms with E-state index < -0.39 is 0 Å². The first kappa shape index (κ1) is 12.5. The number of nitrogens with zero attached hydrogens (tertiary/aromatic N) is 4. The molecular formula is C13H17N5S. The van der Waals surface area contributed by atoms with E-state index in [9.17, 15) is 0 Å². The summed E-state index contributed by atoms with van der Waals surface area (Å²) < 4.78 is 0. The van der Waals surface area contributed by atoms with Crippen molar-refractivity contribution in [2.75, 3.05) is 5.73 Å². The van der Waals surface area contributed by atoms with Crippen molar-refractivity contribution in [2.45, 2.75) is 44.9 Å². The van der Waals surface area contributed by atoms with Gasteiger partial charge in [0.15, 0.2) is 0 Å². The van der Waals surface area contributed by atoms with Gasteiger partial charge in [0.2, 0.25) is 5.95 Å². The van der Waals surface area contributed by atoms with E-state index in [0.29, 0.717) is 18.3 Å². The summed E-state index contributed by atoms with van der Waals surface area (Å²) in [6, 6.07) is 0. The summed E-state index contributed by atoms with van der Waals surface area (Å²) in [6.45, 7) is 1.99. The summed E-state index contributed by atoms with van der Waals surface area (Å²) in [7, 11) is 0. The predicted molar refractivity (Wildman–Crippen MR) is 75.1 cm³/mol. The Hall–Kier alpha value is -1.56. The van der Waals surface area contributed by atoms with E-state index in [1.807, 2.05) is 12.3 Å². The van der Waals surface area contributed by atoms with E-state index in [-0.39, 0.29) is 0 Å². The molecule has 0 spiro atoms. The lowest BCUT2D eigenvalue weighted by molar-refractivity contribution is 0.654. The van der Waals surface area contributed by atoms with Crippen LogP contribution in [0.1, 0.15) is 54.0 Å². The Morgan fingerprint density at radius 2 is 2.00 bits per heavy atom. The highest BCUT2D eigenvalue weighted by Crippen LogP contribution is 2.32. The van der Waals surface area contributed by atoms with Gasteiger partial charge in [-0.25, -0.2) is 9.97 Å². The van der Waals surface area contributed by atoms with Crippen molar-refractivity contribution in [2.24, 2.45) is 0 Å². The topological polar surface area (TPSA) is 77.6 Å². The third-order valence-corrected chi connectivity index (χ3v) is 4.38. The van der Waals surface area contributed by atoms with Crippen molar-refractivity contribution in [3.05, 3.63) is 27.7 Å². The molecule has 0 bridgehead atoms. The molecule has 5 nitrogen and oxygen atoms in total. The molecule has 1 aliphatic carbocycles. The lowest BCUT2D eigenvalue weighted by Crippen LogP contribution is -2.10.